The first kappa shape index (κ1) is 11.2. The van der Waals surface area contributed by atoms with E-state index in [0.29, 0.717) is 13.0 Å². The molecule has 0 radical (unpaired) electrons. The molecule has 2 N–H and O–H groups in total. The molecule has 1 amide bonds. The van der Waals surface area contributed by atoms with Gasteiger partial charge in [-0.05, 0) is 6.07 Å². The lowest BCUT2D eigenvalue weighted by atomic mass is 10.1. The van der Waals surface area contributed by atoms with Crippen LogP contribution in [0, 0.1) is 0 Å². The molecule has 0 aromatic carbocycles. The number of nitrogens with zero attached hydrogens (tertiary/aromatic N) is 3. The van der Waals surface area contributed by atoms with E-state index in [1.165, 1.54) is 0 Å². The zero-order chi connectivity index (χ0) is 12.5. The summed E-state index contributed by atoms with van der Waals surface area (Å²) in [5.41, 5.74) is 1.91. The molecule has 0 bridgehead atoms. The lowest BCUT2D eigenvalue weighted by Gasteiger charge is -2.23. The van der Waals surface area contributed by atoms with Crippen LogP contribution in [0.3, 0.4) is 0 Å². The lowest BCUT2D eigenvalue weighted by Crippen LogP contribution is -2.53. The van der Waals surface area contributed by atoms with Gasteiger partial charge in [0.2, 0.25) is 5.91 Å². The molecule has 1 aliphatic heterocycles. The second-order valence-electron chi connectivity index (χ2n) is 4.45. The highest BCUT2D eigenvalue weighted by Crippen LogP contribution is 2.14. The second kappa shape index (κ2) is 4.38. The molecule has 0 saturated carbocycles. The Kier molecular flexibility index (Phi) is 2.71. The smallest absolute Gasteiger partial charge is 0.237 e. The predicted octanol–water partition coefficient (Wildman–Crippen LogP) is -0.401. The SMILES string of the molecule is Cn1c(CC2NCCNC2=O)nc2cnccc21. The number of aryl methyl sites for hydroxylation is 1. The van der Waals surface area contributed by atoms with E-state index in [1.54, 1.807) is 12.4 Å². The maximum absolute atomic E-state index is 11.7. The molecule has 1 fully saturated rings. The first-order valence-electron chi connectivity index (χ1n) is 6.02. The van der Waals surface area contributed by atoms with Crippen molar-refractivity contribution in [3.63, 3.8) is 0 Å². The van der Waals surface area contributed by atoms with Crippen molar-refractivity contribution in [3.05, 3.63) is 24.3 Å². The summed E-state index contributed by atoms with van der Waals surface area (Å²) in [6.07, 6.45) is 4.09. The Labute approximate surface area is 104 Å². The number of rotatable bonds is 2. The van der Waals surface area contributed by atoms with E-state index in [1.807, 2.05) is 17.7 Å². The number of carbonyl (C=O) groups excluding carboxylic acids is 1. The number of amides is 1. The zero-order valence-corrected chi connectivity index (χ0v) is 10.2. The maximum atomic E-state index is 11.7. The van der Waals surface area contributed by atoms with Gasteiger partial charge in [0, 0.05) is 32.8 Å². The summed E-state index contributed by atoms with van der Waals surface area (Å²) < 4.78 is 2.01. The van der Waals surface area contributed by atoms with E-state index >= 15 is 0 Å². The standard InChI is InChI=1S/C12H15N5O/c1-17-10-2-3-13-7-9(10)16-11(17)6-8-12(18)15-5-4-14-8/h2-3,7-8,14H,4-6H2,1H3,(H,15,18). The quantitative estimate of drug-likeness (QED) is 0.755. The van der Waals surface area contributed by atoms with Crippen molar-refractivity contribution in [1.29, 1.82) is 0 Å². The molecule has 3 rings (SSSR count). The summed E-state index contributed by atoms with van der Waals surface area (Å²) in [5.74, 6) is 0.944. The van der Waals surface area contributed by atoms with Crippen LogP contribution in [0.1, 0.15) is 5.82 Å². The lowest BCUT2D eigenvalue weighted by molar-refractivity contribution is -0.124. The third kappa shape index (κ3) is 1.84. The topological polar surface area (TPSA) is 71.8 Å². The molecule has 94 valence electrons. The normalized spacial score (nSPS) is 20.1. The highest BCUT2D eigenvalue weighted by Gasteiger charge is 2.23. The average molecular weight is 245 g/mol. The second-order valence-corrected chi connectivity index (χ2v) is 4.45. The Balaban J connectivity index is 1.90. The fraction of sp³-hybridized carbons (Fsp3) is 0.417. The molecule has 1 saturated heterocycles. The molecule has 3 heterocycles. The van der Waals surface area contributed by atoms with Gasteiger partial charge in [0.1, 0.15) is 11.3 Å². The third-order valence-electron chi connectivity index (χ3n) is 3.29. The summed E-state index contributed by atoms with van der Waals surface area (Å²) in [7, 11) is 1.96. The number of fused-ring (bicyclic) bond motifs is 1. The van der Waals surface area contributed by atoms with Crippen LogP contribution in [-0.2, 0) is 18.3 Å². The van der Waals surface area contributed by atoms with Crippen LogP contribution < -0.4 is 10.6 Å². The predicted molar refractivity (Wildman–Crippen MR) is 67.0 cm³/mol. The molecule has 2 aromatic rings. The number of pyridine rings is 1. The van der Waals surface area contributed by atoms with E-state index in [4.69, 9.17) is 0 Å². The molecule has 1 unspecified atom stereocenters. The van der Waals surface area contributed by atoms with Crippen LogP contribution in [0.25, 0.3) is 11.0 Å². The summed E-state index contributed by atoms with van der Waals surface area (Å²) in [6, 6.07) is 1.74. The number of carbonyl (C=O) groups is 1. The Morgan fingerprint density at radius 3 is 3.17 bits per heavy atom. The van der Waals surface area contributed by atoms with Crippen molar-refractivity contribution in [2.75, 3.05) is 13.1 Å². The van der Waals surface area contributed by atoms with Crippen LogP contribution in [0.5, 0.6) is 0 Å². The molecule has 1 aliphatic rings. The van der Waals surface area contributed by atoms with Crippen molar-refractivity contribution in [3.8, 4) is 0 Å². The van der Waals surface area contributed by atoms with E-state index in [0.717, 1.165) is 23.4 Å². The zero-order valence-electron chi connectivity index (χ0n) is 10.2. The van der Waals surface area contributed by atoms with Gasteiger partial charge in [0.05, 0.1) is 17.8 Å². The Morgan fingerprint density at radius 1 is 1.50 bits per heavy atom. The maximum Gasteiger partial charge on any atom is 0.237 e. The first-order chi connectivity index (χ1) is 8.75. The molecule has 6 nitrogen and oxygen atoms in total. The fourth-order valence-corrected chi connectivity index (χ4v) is 2.28. The first-order valence-corrected chi connectivity index (χ1v) is 6.02. The van der Waals surface area contributed by atoms with Crippen molar-refractivity contribution in [1.82, 2.24) is 25.2 Å². The average Bonchev–Trinajstić information content (AvgIpc) is 2.70. The van der Waals surface area contributed by atoms with E-state index in [-0.39, 0.29) is 11.9 Å². The Morgan fingerprint density at radius 2 is 2.39 bits per heavy atom. The van der Waals surface area contributed by atoms with Gasteiger partial charge in [0.15, 0.2) is 0 Å². The van der Waals surface area contributed by atoms with Crippen LogP contribution in [0.15, 0.2) is 18.5 Å². The van der Waals surface area contributed by atoms with Crippen molar-refractivity contribution < 1.29 is 4.79 Å². The van der Waals surface area contributed by atoms with Crippen LogP contribution in [0.4, 0.5) is 0 Å². The summed E-state index contributed by atoms with van der Waals surface area (Å²) in [4.78, 5) is 20.3. The molecular formula is C12H15N5O. The van der Waals surface area contributed by atoms with Gasteiger partial charge in [-0.2, -0.15) is 0 Å². The fourth-order valence-electron chi connectivity index (χ4n) is 2.28. The minimum Gasteiger partial charge on any atom is -0.353 e. The van der Waals surface area contributed by atoms with Gasteiger partial charge >= 0.3 is 0 Å². The van der Waals surface area contributed by atoms with Crippen LogP contribution >= 0.6 is 0 Å². The summed E-state index contributed by atoms with van der Waals surface area (Å²) >= 11 is 0. The molecular weight excluding hydrogens is 230 g/mol. The Bertz CT molecular complexity index is 591. The third-order valence-corrected chi connectivity index (χ3v) is 3.29. The molecule has 0 aliphatic carbocycles. The van der Waals surface area contributed by atoms with Gasteiger partial charge in [0.25, 0.3) is 0 Å². The minimum absolute atomic E-state index is 0.0476. The summed E-state index contributed by atoms with van der Waals surface area (Å²) in [6.45, 7) is 1.50. The van der Waals surface area contributed by atoms with Gasteiger partial charge in [-0.1, -0.05) is 0 Å². The highest BCUT2D eigenvalue weighted by atomic mass is 16.2. The van der Waals surface area contributed by atoms with Crippen LogP contribution in [-0.4, -0.2) is 39.6 Å². The molecule has 0 spiro atoms. The van der Waals surface area contributed by atoms with Crippen LogP contribution in [0.2, 0.25) is 0 Å². The molecule has 2 aromatic heterocycles. The number of hydrogen-bond acceptors (Lipinski definition) is 4. The van der Waals surface area contributed by atoms with E-state index < -0.39 is 0 Å². The molecule has 6 heteroatoms. The van der Waals surface area contributed by atoms with E-state index in [9.17, 15) is 4.79 Å². The number of piperazine rings is 1. The molecule has 1 atom stereocenters. The monoisotopic (exact) mass is 245 g/mol. The van der Waals surface area contributed by atoms with Gasteiger partial charge in [-0.3, -0.25) is 9.78 Å². The largest absolute Gasteiger partial charge is 0.353 e. The van der Waals surface area contributed by atoms with Gasteiger partial charge in [-0.15, -0.1) is 0 Å². The number of imidazole rings is 1. The Hall–Kier alpha value is -1.95. The molecule has 18 heavy (non-hydrogen) atoms. The number of aromatic nitrogens is 3. The van der Waals surface area contributed by atoms with Crippen molar-refractivity contribution in [2.45, 2.75) is 12.5 Å². The minimum atomic E-state index is -0.192. The van der Waals surface area contributed by atoms with Gasteiger partial charge in [-0.25, -0.2) is 4.98 Å². The highest BCUT2D eigenvalue weighted by molar-refractivity contribution is 5.83. The number of nitrogens with one attached hydrogen (secondary N) is 2. The number of hydrogen-bond donors (Lipinski definition) is 2. The van der Waals surface area contributed by atoms with Gasteiger partial charge < -0.3 is 15.2 Å². The van der Waals surface area contributed by atoms with Crippen molar-refractivity contribution in [2.24, 2.45) is 7.05 Å². The summed E-state index contributed by atoms with van der Waals surface area (Å²) in [5, 5.41) is 6.06. The van der Waals surface area contributed by atoms with E-state index in [2.05, 4.69) is 20.6 Å². The van der Waals surface area contributed by atoms with Crippen molar-refractivity contribution >= 4 is 16.9 Å².